The predicted molar refractivity (Wildman–Crippen MR) is 55.8 cm³/mol. The normalized spacial score (nSPS) is 15.9. The summed E-state index contributed by atoms with van der Waals surface area (Å²) in [7, 11) is 0. The van der Waals surface area contributed by atoms with Gasteiger partial charge in [-0.05, 0) is 11.6 Å². The van der Waals surface area contributed by atoms with E-state index in [0.29, 0.717) is 6.54 Å². The summed E-state index contributed by atoms with van der Waals surface area (Å²) in [5.74, 6) is -0.254. The average Bonchev–Trinajstić information content (AvgIpc) is 2.24. The summed E-state index contributed by atoms with van der Waals surface area (Å²) in [6.45, 7) is 0.531. The number of allylic oxidation sites excluding steroid dienone is 1. The summed E-state index contributed by atoms with van der Waals surface area (Å²) < 4.78 is 0. The van der Waals surface area contributed by atoms with Gasteiger partial charge >= 0.3 is 0 Å². The fourth-order valence-electron chi connectivity index (χ4n) is 1.49. The zero-order chi connectivity index (χ0) is 10.7. The number of hydrogen-bond donors (Lipinski definition) is 0. The first-order chi connectivity index (χ1) is 7.25. The molecule has 0 aromatic heterocycles. The van der Waals surface area contributed by atoms with Gasteiger partial charge in [0.25, 0.3) is 0 Å². The van der Waals surface area contributed by atoms with Crippen LogP contribution in [0.3, 0.4) is 0 Å². The highest BCUT2D eigenvalue weighted by molar-refractivity contribution is 6.06. The van der Waals surface area contributed by atoms with Crippen molar-refractivity contribution >= 4 is 11.7 Å². The van der Waals surface area contributed by atoms with Gasteiger partial charge in [0.15, 0.2) is 5.78 Å². The molecule has 0 fully saturated rings. The lowest BCUT2D eigenvalue weighted by molar-refractivity contribution is -0.133. The zero-order valence-electron chi connectivity index (χ0n) is 8.22. The van der Waals surface area contributed by atoms with Gasteiger partial charge in [-0.3, -0.25) is 9.59 Å². The number of nitrogens with zero attached hydrogens (tertiary/aromatic N) is 1. The number of amides is 1. The van der Waals surface area contributed by atoms with Gasteiger partial charge in [0.2, 0.25) is 5.91 Å². The Labute approximate surface area is 88.0 Å². The molecule has 3 nitrogen and oxygen atoms in total. The standard InChI is InChI=1S/C12H11NO2/c14-11-6-7-13(12(15)8-11)9-10-4-2-1-3-5-10/h1-7H,8-9H2. The maximum absolute atomic E-state index is 11.5. The summed E-state index contributed by atoms with van der Waals surface area (Å²) in [4.78, 5) is 24.0. The third-order valence-corrected chi connectivity index (χ3v) is 2.28. The second-order valence-electron chi connectivity index (χ2n) is 3.47. The van der Waals surface area contributed by atoms with Gasteiger partial charge in [0.1, 0.15) is 0 Å². The number of carbonyl (C=O) groups excluding carboxylic acids is 2. The maximum atomic E-state index is 11.5. The van der Waals surface area contributed by atoms with Gasteiger partial charge in [-0.2, -0.15) is 0 Å². The molecule has 0 N–H and O–H groups in total. The summed E-state index contributed by atoms with van der Waals surface area (Å²) in [6.07, 6.45) is 2.99. The van der Waals surface area contributed by atoms with Gasteiger partial charge in [0, 0.05) is 6.20 Å². The predicted octanol–water partition coefficient (Wildman–Crippen LogP) is 1.50. The molecule has 0 saturated carbocycles. The van der Waals surface area contributed by atoms with E-state index in [1.807, 2.05) is 30.3 Å². The lowest BCUT2D eigenvalue weighted by Gasteiger charge is -2.20. The van der Waals surface area contributed by atoms with Crippen LogP contribution < -0.4 is 0 Å². The fraction of sp³-hybridized carbons (Fsp3) is 0.167. The molecule has 1 aromatic rings. The van der Waals surface area contributed by atoms with Crippen molar-refractivity contribution in [2.24, 2.45) is 0 Å². The molecular formula is C12H11NO2. The second kappa shape index (κ2) is 4.09. The number of benzene rings is 1. The van der Waals surface area contributed by atoms with Crippen LogP contribution in [0.5, 0.6) is 0 Å². The van der Waals surface area contributed by atoms with Crippen molar-refractivity contribution in [2.75, 3.05) is 0 Å². The van der Waals surface area contributed by atoms with Gasteiger partial charge in [-0.1, -0.05) is 30.3 Å². The highest BCUT2D eigenvalue weighted by Gasteiger charge is 2.18. The third kappa shape index (κ3) is 2.31. The van der Waals surface area contributed by atoms with Crippen LogP contribution in [0.25, 0.3) is 0 Å². The Morgan fingerprint density at radius 3 is 2.53 bits per heavy atom. The van der Waals surface area contributed by atoms with E-state index in [1.54, 1.807) is 11.1 Å². The SMILES string of the molecule is O=C1C=CN(Cc2ccccc2)C(=O)C1. The van der Waals surface area contributed by atoms with Crippen LogP contribution >= 0.6 is 0 Å². The van der Waals surface area contributed by atoms with Crippen molar-refractivity contribution in [3.8, 4) is 0 Å². The van der Waals surface area contributed by atoms with Crippen molar-refractivity contribution in [3.05, 3.63) is 48.2 Å². The second-order valence-corrected chi connectivity index (χ2v) is 3.47. The number of ketones is 1. The molecular weight excluding hydrogens is 190 g/mol. The van der Waals surface area contributed by atoms with Crippen LogP contribution in [0.4, 0.5) is 0 Å². The minimum Gasteiger partial charge on any atom is -0.314 e. The Morgan fingerprint density at radius 2 is 1.87 bits per heavy atom. The number of rotatable bonds is 2. The Hall–Kier alpha value is -1.90. The van der Waals surface area contributed by atoms with Gasteiger partial charge in [0.05, 0.1) is 13.0 Å². The molecule has 0 spiro atoms. The van der Waals surface area contributed by atoms with Crippen molar-refractivity contribution < 1.29 is 9.59 Å². The van der Waals surface area contributed by atoms with Gasteiger partial charge < -0.3 is 4.90 Å². The van der Waals surface area contributed by atoms with Crippen LogP contribution in [0.1, 0.15) is 12.0 Å². The molecule has 1 aliphatic heterocycles. The van der Waals surface area contributed by atoms with E-state index in [2.05, 4.69) is 0 Å². The van der Waals surface area contributed by atoms with Gasteiger partial charge in [-0.25, -0.2) is 0 Å². The molecule has 1 aromatic carbocycles. The average molecular weight is 201 g/mol. The lowest BCUT2D eigenvalue weighted by atomic mass is 10.1. The Balaban J connectivity index is 2.10. The first-order valence-corrected chi connectivity index (χ1v) is 4.80. The molecule has 0 unspecified atom stereocenters. The largest absolute Gasteiger partial charge is 0.314 e. The van der Waals surface area contributed by atoms with E-state index in [4.69, 9.17) is 0 Å². The van der Waals surface area contributed by atoms with E-state index in [-0.39, 0.29) is 18.1 Å². The van der Waals surface area contributed by atoms with Crippen molar-refractivity contribution in [2.45, 2.75) is 13.0 Å². The Kier molecular flexibility index (Phi) is 2.63. The summed E-state index contributed by atoms with van der Waals surface area (Å²) >= 11 is 0. The first kappa shape index (κ1) is 9.65. The van der Waals surface area contributed by atoms with Crippen molar-refractivity contribution in [1.82, 2.24) is 4.90 Å². The monoisotopic (exact) mass is 201 g/mol. The molecule has 0 saturated heterocycles. The maximum Gasteiger partial charge on any atom is 0.234 e. The molecule has 76 valence electrons. The summed E-state index contributed by atoms with van der Waals surface area (Å²) in [6, 6.07) is 9.70. The summed E-state index contributed by atoms with van der Waals surface area (Å²) in [5.41, 5.74) is 1.06. The molecule has 2 rings (SSSR count). The molecule has 1 heterocycles. The third-order valence-electron chi connectivity index (χ3n) is 2.28. The molecule has 3 heteroatoms. The fourth-order valence-corrected chi connectivity index (χ4v) is 1.49. The molecule has 0 atom stereocenters. The van der Waals surface area contributed by atoms with Crippen molar-refractivity contribution in [1.29, 1.82) is 0 Å². The molecule has 1 aliphatic rings. The Bertz CT molecular complexity index is 409. The van der Waals surface area contributed by atoms with E-state index in [9.17, 15) is 9.59 Å². The van der Waals surface area contributed by atoms with E-state index < -0.39 is 0 Å². The molecule has 0 radical (unpaired) electrons. The van der Waals surface area contributed by atoms with Gasteiger partial charge in [-0.15, -0.1) is 0 Å². The van der Waals surface area contributed by atoms with E-state index >= 15 is 0 Å². The molecule has 0 bridgehead atoms. The van der Waals surface area contributed by atoms with Crippen molar-refractivity contribution in [3.63, 3.8) is 0 Å². The lowest BCUT2D eigenvalue weighted by Crippen LogP contribution is -2.30. The summed E-state index contributed by atoms with van der Waals surface area (Å²) in [5, 5.41) is 0. The van der Waals surface area contributed by atoms with Crippen LogP contribution in [-0.2, 0) is 16.1 Å². The van der Waals surface area contributed by atoms with Crippen LogP contribution in [0.2, 0.25) is 0 Å². The number of hydrogen-bond acceptors (Lipinski definition) is 2. The topological polar surface area (TPSA) is 37.4 Å². The molecule has 1 amide bonds. The van der Waals surface area contributed by atoms with E-state index in [0.717, 1.165) is 5.56 Å². The Morgan fingerprint density at radius 1 is 1.13 bits per heavy atom. The smallest absolute Gasteiger partial charge is 0.234 e. The molecule has 0 aliphatic carbocycles. The highest BCUT2D eigenvalue weighted by Crippen LogP contribution is 2.10. The first-order valence-electron chi connectivity index (χ1n) is 4.80. The zero-order valence-corrected chi connectivity index (χ0v) is 8.22. The van der Waals surface area contributed by atoms with Crippen LogP contribution in [0.15, 0.2) is 42.6 Å². The van der Waals surface area contributed by atoms with E-state index in [1.165, 1.54) is 6.08 Å². The minimum atomic E-state index is -0.133. The molecule has 15 heavy (non-hydrogen) atoms. The minimum absolute atomic E-state index is 0.0106. The quantitative estimate of drug-likeness (QED) is 0.680. The van der Waals surface area contributed by atoms with Crippen LogP contribution in [0, 0.1) is 0 Å². The highest BCUT2D eigenvalue weighted by atomic mass is 16.2. The number of carbonyl (C=O) groups is 2. The van der Waals surface area contributed by atoms with Crippen LogP contribution in [-0.4, -0.2) is 16.6 Å².